The number of unbranched alkanes of at least 4 members (excludes halogenated alkanes) is 1. The van der Waals surface area contributed by atoms with Gasteiger partial charge in [0, 0.05) is 12.2 Å². The molecule has 122 valence electrons. The van der Waals surface area contributed by atoms with Crippen molar-refractivity contribution in [1.29, 1.82) is 0 Å². The van der Waals surface area contributed by atoms with Crippen molar-refractivity contribution in [2.75, 3.05) is 13.3 Å². The predicted octanol–water partition coefficient (Wildman–Crippen LogP) is 3.41. The van der Waals surface area contributed by atoms with Crippen molar-refractivity contribution in [2.24, 2.45) is 5.92 Å². The summed E-state index contributed by atoms with van der Waals surface area (Å²) in [6, 6.07) is 0. The Kier molecular flexibility index (Phi) is 9.49. The van der Waals surface area contributed by atoms with Crippen LogP contribution in [0.15, 0.2) is 12.2 Å². The molecule has 0 aromatic heterocycles. The smallest absolute Gasteiger partial charge is 0.429 e. The maximum Gasteiger partial charge on any atom is 0.429 e. The summed E-state index contributed by atoms with van der Waals surface area (Å²) in [4.78, 5) is 22.2. The quantitative estimate of drug-likeness (QED) is 0.458. The van der Waals surface area contributed by atoms with Gasteiger partial charge in [0.05, 0.1) is 6.61 Å². The van der Waals surface area contributed by atoms with E-state index in [1.54, 1.807) is 0 Å². The van der Waals surface area contributed by atoms with E-state index in [-0.39, 0.29) is 12.5 Å². The molecule has 0 spiro atoms. The zero-order valence-corrected chi connectivity index (χ0v) is 12.2. The molecule has 7 heteroatoms. The van der Waals surface area contributed by atoms with Gasteiger partial charge in [-0.05, 0) is 12.3 Å². The molecule has 0 saturated carbocycles. The highest BCUT2D eigenvalue weighted by molar-refractivity contribution is 5.91. The summed E-state index contributed by atoms with van der Waals surface area (Å²) in [5.74, 6) is -2.11. The van der Waals surface area contributed by atoms with E-state index in [0.717, 1.165) is 25.7 Å². The van der Waals surface area contributed by atoms with Crippen LogP contribution in [0.2, 0.25) is 0 Å². The maximum absolute atomic E-state index is 12.4. The molecule has 0 N–H and O–H groups in total. The average Bonchev–Trinajstić information content (AvgIpc) is 2.45. The first-order valence-electron chi connectivity index (χ1n) is 6.86. The summed E-state index contributed by atoms with van der Waals surface area (Å²) in [7, 11) is 0. The van der Waals surface area contributed by atoms with E-state index in [4.69, 9.17) is 4.74 Å². The predicted molar refractivity (Wildman–Crippen MR) is 70.4 cm³/mol. The van der Waals surface area contributed by atoms with Crippen LogP contribution in [0.1, 0.15) is 39.5 Å². The lowest BCUT2D eigenvalue weighted by Gasteiger charge is -2.13. The highest BCUT2D eigenvalue weighted by Crippen LogP contribution is 2.16. The molecule has 1 unspecified atom stereocenters. The van der Waals surface area contributed by atoms with E-state index < -0.39 is 24.7 Å². The summed E-state index contributed by atoms with van der Waals surface area (Å²) in [5, 5.41) is 0. The number of hydrogen-bond acceptors (Lipinski definition) is 4. The molecule has 21 heavy (non-hydrogen) atoms. The SMILES string of the molecule is CCCCC(CC)COC(=O)/C=C/C(=O)OC(F)(F)CF. The molecular formula is C14H21F3O4. The Hall–Kier alpha value is -1.53. The topological polar surface area (TPSA) is 52.6 Å². The molecule has 0 aliphatic heterocycles. The maximum atomic E-state index is 12.4. The molecule has 0 aliphatic rings. The Morgan fingerprint density at radius 2 is 1.81 bits per heavy atom. The lowest BCUT2D eigenvalue weighted by atomic mass is 10.0. The lowest BCUT2D eigenvalue weighted by Crippen LogP contribution is -2.26. The number of carbonyl (C=O) groups is 2. The Bertz CT molecular complexity index is 356. The van der Waals surface area contributed by atoms with Crippen molar-refractivity contribution in [3.8, 4) is 0 Å². The van der Waals surface area contributed by atoms with Gasteiger partial charge in [-0.2, -0.15) is 8.78 Å². The molecule has 0 aromatic rings. The first kappa shape index (κ1) is 19.5. The minimum atomic E-state index is -4.18. The number of alkyl halides is 3. The molecule has 0 bridgehead atoms. The van der Waals surface area contributed by atoms with Gasteiger partial charge in [0.25, 0.3) is 0 Å². The van der Waals surface area contributed by atoms with Gasteiger partial charge in [-0.15, -0.1) is 0 Å². The van der Waals surface area contributed by atoms with E-state index in [2.05, 4.69) is 11.7 Å². The number of rotatable bonds is 10. The van der Waals surface area contributed by atoms with Crippen molar-refractivity contribution < 1.29 is 32.2 Å². The second-order valence-corrected chi connectivity index (χ2v) is 4.57. The van der Waals surface area contributed by atoms with E-state index >= 15 is 0 Å². The van der Waals surface area contributed by atoms with Gasteiger partial charge in [-0.25, -0.2) is 14.0 Å². The van der Waals surface area contributed by atoms with Gasteiger partial charge in [-0.3, -0.25) is 0 Å². The van der Waals surface area contributed by atoms with Gasteiger partial charge < -0.3 is 9.47 Å². The Morgan fingerprint density at radius 3 is 2.33 bits per heavy atom. The summed E-state index contributed by atoms with van der Waals surface area (Å²) < 4.78 is 44.9. The second-order valence-electron chi connectivity index (χ2n) is 4.57. The third-order valence-electron chi connectivity index (χ3n) is 2.77. The number of ether oxygens (including phenoxy) is 2. The third kappa shape index (κ3) is 9.92. The standard InChI is InChI=1S/C14H21F3O4/c1-3-5-6-11(4-2)9-20-12(18)7-8-13(19)21-14(16,17)10-15/h7-8,11H,3-6,9-10H2,1-2H3/b8-7+. The van der Waals surface area contributed by atoms with Gasteiger partial charge in [0.1, 0.15) is 0 Å². The van der Waals surface area contributed by atoms with Crippen LogP contribution in [0, 0.1) is 5.92 Å². The largest absolute Gasteiger partial charge is 0.462 e. The summed E-state index contributed by atoms with van der Waals surface area (Å²) >= 11 is 0. The van der Waals surface area contributed by atoms with E-state index in [1.807, 2.05) is 6.92 Å². The van der Waals surface area contributed by atoms with Crippen LogP contribution in [0.4, 0.5) is 13.2 Å². The molecule has 0 aromatic carbocycles. The molecule has 0 aliphatic carbocycles. The molecule has 0 saturated heterocycles. The molecule has 1 atom stereocenters. The molecule has 4 nitrogen and oxygen atoms in total. The van der Waals surface area contributed by atoms with Gasteiger partial charge in [0.15, 0.2) is 6.67 Å². The normalized spacial score (nSPS) is 13.2. The summed E-state index contributed by atoms with van der Waals surface area (Å²) in [6.07, 6.45) is 0.826. The van der Waals surface area contributed by atoms with Crippen molar-refractivity contribution in [1.82, 2.24) is 0 Å². The van der Waals surface area contributed by atoms with Crippen LogP contribution in [-0.2, 0) is 19.1 Å². The molecule has 0 rings (SSSR count). The summed E-state index contributed by atoms with van der Waals surface area (Å²) in [5.41, 5.74) is 0. The molecule has 0 heterocycles. The van der Waals surface area contributed by atoms with Crippen LogP contribution in [0.3, 0.4) is 0 Å². The molecular weight excluding hydrogens is 289 g/mol. The Morgan fingerprint density at radius 1 is 1.19 bits per heavy atom. The van der Waals surface area contributed by atoms with Crippen molar-refractivity contribution >= 4 is 11.9 Å². The third-order valence-corrected chi connectivity index (χ3v) is 2.77. The average molecular weight is 310 g/mol. The molecule has 0 radical (unpaired) electrons. The van der Waals surface area contributed by atoms with Crippen LogP contribution in [0.5, 0.6) is 0 Å². The van der Waals surface area contributed by atoms with E-state index in [9.17, 15) is 22.8 Å². The van der Waals surface area contributed by atoms with Crippen LogP contribution in [0.25, 0.3) is 0 Å². The minimum absolute atomic E-state index is 0.204. The van der Waals surface area contributed by atoms with Gasteiger partial charge >= 0.3 is 18.0 Å². The van der Waals surface area contributed by atoms with Crippen molar-refractivity contribution in [3.05, 3.63) is 12.2 Å². The van der Waals surface area contributed by atoms with Crippen LogP contribution in [-0.4, -0.2) is 31.3 Å². The fourth-order valence-electron chi connectivity index (χ4n) is 1.49. The first-order chi connectivity index (χ1) is 9.84. The van der Waals surface area contributed by atoms with Gasteiger partial charge in [-0.1, -0.05) is 33.1 Å². The highest BCUT2D eigenvalue weighted by Gasteiger charge is 2.33. The Balaban J connectivity index is 4.12. The number of carbonyl (C=O) groups excluding carboxylic acids is 2. The number of esters is 2. The van der Waals surface area contributed by atoms with Gasteiger partial charge in [0.2, 0.25) is 0 Å². The monoisotopic (exact) mass is 310 g/mol. The van der Waals surface area contributed by atoms with E-state index in [1.165, 1.54) is 0 Å². The zero-order valence-electron chi connectivity index (χ0n) is 12.2. The number of hydrogen-bond donors (Lipinski definition) is 0. The molecule has 0 amide bonds. The zero-order chi connectivity index (χ0) is 16.3. The van der Waals surface area contributed by atoms with Crippen molar-refractivity contribution in [3.63, 3.8) is 0 Å². The minimum Gasteiger partial charge on any atom is -0.462 e. The fourth-order valence-corrected chi connectivity index (χ4v) is 1.49. The highest BCUT2D eigenvalue weighted by atomic mass is 19.3. The van der Waals surface area contributed by atoms with Crippen molar-refractivity contribution in [2.45, 2.75) is 45.6 Å². The Labute approximate surface area is 122 Å². The van der Waals surface area contributed by atoms with E-state index in [0.29, 0.717) is 12.2 Å². The second kappa shape index (κ2) is 10.2. The number of halogens is 3. The first-order valence-corrected chi connectivity index (χ1v) is 6.86. The summed E-state index contributed by atoms with van der Waals surface area (Å²) in [6.45, 7) is 2.11. The van der Waals surface area contributed by atoms with Crippen LogP contribution >= 0.6 is 0 Å². The van der Waals surface area contributed by atoms with Crippen LogP contribution < -0.4 is 0 Å². The lowest BCUT2D eigenvalue weighted by molar-refractivity contribution is -0.234. The molecule has 0 fully saturated rings. The fraction of sp³-hybridized carbons (Fsp3) is 0.714.